The molecule has 28 heavy (non-hydrogen) atoms. The minimum atomic E-state index is -0.533. The maximum absolute atomic E-state index is 13.0. The molecule has 0 saturated heterocycles. The van der Waals surface area contributed by atoms with Crippen LogP contribution in [0.1, 0.15) is 37.0 Å². The van der Waals surface area contributed by atoms with Crippen molar-refractivity contribution in [1.82, 2.24) is 10.2 Å². The Balaban J connectivity index is 2.19. The molecule has 0 heterocycles. The molecule has 0 fully saturated rings. The number of hydrogen-bond acceptors (Lipinski definition) is 3. The Labute approximate surface area is 167 Å². The van der Waals surface area contributed by atoms with Gasteiger partial charge in [-0.15, -0.1) is 0 Å². The molecule has 0 aliphatic heterocycles. The normalized spacial score (nSPS) is 11.6. The van der Waals surface area contributed by atoms with Crippen molar-refractivity contribution in [3.8, 4) is 5.75 Å². The fraction of sp³-hybridized carbons (Fsp3) is 0.391. The number of amides is 2. The van der Waals surface area contributed by atoms with Gasteiger partial charge >= 0.3 is 0 Å². The molecule has 0 saturated carbocycles. The smallest absolute Gasteiger partial charge is 0.261 e. The van der Waals surface area contributed by atoms with E-state index in [0.29, 0.717) is 25.3 Å². The lowest BCUT2D eigenvalue weighted by molar-refractivity contribution is -0.142. The molecular weight excluding hydrogens is 352 g/mol. The van der Waals surface area contributed by atoms with Crippen LogP contribution < -0.4 is 10.1 Å². The van der Waals surface area contributed by atoms with E-state index in [2.05, 4.69) is 5.32 Å². The van der Waals surface area contributed by atoms with Crippen molar-refractivity contribution >= 4 is 11.8 Å². The Kier molecular flexibility index (Phi) is 8.05. The van der Waals surface area contributed by atoms with Crippen molar-refractivity contribution in [2.45, 2.75) is 46.7 Å². The number of carbonyl (C=O) groups excluding carboxylic acids is 2. The zero-order valence-corrected chi connectivity index (χ0v) is 17.2. The van der Waals surface area contributed by atoms with Crippen LogP contribution in [-0.2, 0) is 16.1 Å². The van der Waals surface area contributed by atoms with Crippen molar-refractivity contribution in [2.24, 2.45) is 0 Å². The Morgan fingerprint density at radius 1 is 1.04 bits per heavy atom. The SMILES string of the molecule is CCNC(=O)C(CC)N(Cc1ccccc1)C(=O)COc1cccc(C)c1C. The minimum Gasteiger partial charge on any atom is -0.483 e. The number of nitrogens with one attached hydrogen (secondary N) is 1. The van der Waals surface area contributed by atoms with Gasteiger partial charge in [-0.2, -0.15) is 0 Å². The second-order valence-electron chi connectivity index (χ2n) is 6.81. The largest absolute Gasteiger partial charge is 0.483 e. The molecule has 0 bridgehead atoms. The maximum atomic E-state index is 13.0. The molecule has 5 nitrogen and oxygen atoms in total. The van der Waals surface area contributed by atoms with Gasteiger partial charge in [0, 0.05) is 13.1 Å². The highest BCUT2D eigenvalue weighted by molar-refractivity contribution is 5.88. The summed E-state index contributed by atoms with van der Waals surface area (Å²) in [6.45, 7) is 8.56. The number of ether oxygens (including phenoxy) is 1. The van der Waals surface area contributed by atoms with Gasteiger partial charge in [-0.3, -0.25) is 9.59 Å². The fourth-order valence-electron chi connectivity index (χ4n) is 3.09. The molecule has 2 rings (SSSR count). The molecule has 0 aliphatic carbocycles. The van der Waals surface area contributed by atoms with Gasteiger partial charge in [0.25, 0.3) is 5.91 Å². The quantitative estimate of drug-likeness (QED) is 0.721. The van der Waals surface area contributed by atoms with Gasteiger partial charge in [0.1, 0.15) is 11.8 Å². The molecule has 0 aliphatic rings. The van der Waals surface area contributed by atoms with Gasteiger partial charge in [-0.1, -0.05) is 49.4 Å². The lowest BCUT2D eigenvalue weighted by Gasteiger charge is -2.30. The second kappa shape index (κ2) is 10.5. The summed E-state index contributed by atoms with van der Waals surface area (Å²) in [4.78, 5) is 27.2. The lowest BCUT2D eigenvalue weighted by Crippen LogP contribution is -2.50. The predicted molar refractivity (Wildman–Crippen MR) is 111 cm³/mol. The van der Waals surface area contributed by atoms with E-state index in [1.54, 1.807) is 4.90 Å². The zero-order valence-electron chi connectivity index (χ0n) is 17.2. The summed E-state index contributed by atoms with van der Waals surface area (Å²) < 4.78 is 5.81. The van der Waals surface area contributed by atoms with Crippen LogP contribution in [-0.4, -0.2) is 35.9 Å². The maximum Gasteiger partial charge on any atom is 0.261 e. The van der Waals surface area contributed by atoms with E-state index in [9.17, 15) is 9.59 Å². The van der Waals surface area contributed by atoms with Crippen molar-refractivity contribution < 1.29 is 14.3 Å². The number of hydrogen-bond donors (Lipinski definition) is 1. The molecule has 0 aromatic heterocycles. The van der Waals surface area contributed by atoms with Gasteiger partial charge in [0.2, 0.25) is 5.91 Å². The average molecular weight is 383 g/mol. The van der Waals surface area contributed by atoms with E-state index >= 15 is 0 Å². The van der Waals surface area contributed by atoms with E-state index < -0.39 is 6.04 Å². The van der Waals surface area contributed by atoms with Crippen molar-refractivity contribution in [3.63, 3.8) is 0 Å². The topological polar surface area (TPSA) is 58.6 Å². The summed E-state index contributed by atoms with van der Waals surface area (Å²) in [6, 6.07) is 14.9. The molecule has 5 heteroatoms. The monoisotopic (exact) mass is 382 g/mol. The first-order valence-corrected chi connectivity index (χ1v) is 9.78. The number of likely N-dealkylation sites (N-methyl/N-ethyl adjacent to an activating group) is 1. The van der Waals surface area contributed by atoms with Gasteiger partial charge in [0.15, 0.2) is 6.61 Å². The lowest BCUT2D eigenvalue weighted by atomic mass is 10.1. The summed E-state index contributed by atoms with van der Waals surface area (Å²) in [5.41, 5.74) is 3.10. The van der Waals surface area contributed by atoms with Gasteiger partial charge < -0.3 is 15.0 Å². The molecule has 1 N–H and O–H groups in total. The van der Waals surface area contributed by atoms with Gasteiger partial charge in [-0.25, -0.2) is 0 Å². The number of benzene rings is 2. The molecule has 0 spiro atoms. The molecule has 150 valence electrons. The molecule has 0 radical (unpaired) electrons. The van der Waals surface area contributed by atoms with Crippen LogP contribution in [0.2, 0.25) is 0 Å². The van der Waals surface area contributed by atoms with Crippen LogP contribution in [0.25, 0.3) is 0 Å². The highest BCUT2D eigenvalue weighted by Crippen LogP contribution is 2.21. The Morgan fingerprint density at radius 3 is 2.39 bits per heavy atom. The van der Waals surface area contributed by atoms with Crippen LogP contribution in [0.5, 0.6) is 5.75 Å². The van der Waals surface area contributed by atoms with E-state index in [4.69, 9.17) is 4.74 Å². The Hall–Kier alpha value is -2.82. The second-order valence-corrected chi connectivity index (χ2v) is 6.81. The van der Waals surface area contributed by atoms with Crippen molar-refractivity contribution in [2.75, 3.05) is 13.2 Å². The van der Waals surface area contributed by atoms with Crippen LogP contribution in [0, 0.1) is 13.8 Å². The Morgan fingerprint density at radius 2 is 1.75 bits per heavy atom. The van der Waals surface area contributed by atoms with Crippen LogP contribution in [0.15, 0.2) is 48.5 Å². The number of carbonyl (C=O) groups is 2. The summed E-state index contributed by atoms with van der Waals surface area (Å²) in [5, 5.41) is 2.83. The molecule has 2 aromatic rings. The van der Waals surface area contributed by atoms with Crippen LogP contribution in [0.3, 0.4) is 0 Å². The Bertz CT molecular complexity index is 790. The highest BCUT2D eigenvalue weighted by Gasteiger charge is 2.28. The summed E-state index contributed by atoms with van der Waals surface area (Å²) in [7, 11) is 0. The average Bonchev–Trinajstić information content (AvgIpc) is 2.69. The molecule has 1 unspecified atom stereocenters. The fourth-order valence-corrected chi connectivity index (χ4v) is 3.09. The number of aryl methyl sites for hydroxylation is 1. The predicted octanol–water partition coefficient (Wildman–Crippen LogP) is 3.63. The third-order valence-corrected chi connectivity index (χ3v) is 4.84. The zero-order chi connectivity index (χ0) is 20.5. The summed E-state index contributed by atoms with van der Waals surface area (Å²) in [6.07, 6.45) is 0.536. The van der Waals surface area contributed by atoms with E-state index in [0.717, 1.165) is 16.7 Å². The van der Waals surface area contributed by atoms with Crippen LogP contribution >= 0.6 is 0 Å². The molecule has 1 atom stereocenters. The van der Waals surface area contributed by atoms with Crippen molar-refractivity contribution in [3.05, 3.63) is 65.2 Å². The first-order valence-electron chi connectivity index (χ1n) is 9.78. The minimum absolute atomic E-state index is 0.104. The molecular formula is C23H30N2O3. The molecule has 2 amide bonds. The first kappa shape index (κ1) is 21.5. The third kappa shape index (κ3) is 5.59. The van der Waals surface area contributed by atoms with E-state index in [1.165, 1.54) is 0 Å². The van der Waals surface area contributed by atoms with E-state index in [1.807, 2.05) is 76.2 Å². The summed E-state index contributed by atoms with van der Waals surface area (Å²) >= 11 is 0. The standard InChI is InChI=1S/C23H30N2O3/c1-5-20(23(27)24-6-2)25(15-19-12-8-7-9-13-19)22(26)16-28-21-14-10-11-17(3)18(21)4/h7-14,20H,5-6,15-16H2,1-4H3,(H,24,27). The van der Waals surface area contributed by atoms with Crippen LogP contribution in [0.4, 0.5) is 0 Å². The first-order chi connectivity index (χ1) is 13.5. The number of rotatable bonds is 9. The summed E-state index contributed by atoms with van der Waals surface area (Å²) in [5.74, 6) is 0.350. The van der Waals surface area contributed by atoms with Gasteiger partial charge in [0.05, 0.1) is 0 Å². The van der Waals surface area contributed by atoms with Crippen molar-refractivity contribution in [1.29, 1.82) is 0 Å². The highest BCUT2D eigenvalue weighted by atomic mass is 16.5. The molecule has 2 aromatic carbocycles. The van der Waals surface area contributed by atoms with Gasteiger partial charge in [-0.05, 0) is 49.9 Å². The third-order valence-electron chi connectivity index (χ3n) is 4.84. The van der Waals surface area contributed by atoms with E-state index in [-0.39, 0.29) is 18.4 Å². The number of nitrogens with zero attached hydrogens (tertiary/aromatic N) is 1.